The van der Waals surface area contributed by atoms with E-state index in [2.05, 4.69) is 75.7 Å². The third-order valence-electron chi connectivity index (χ3n) is 4.80. The van der Waals surface area contributed by atoms with Crippen LogP contribution in [0, 0.1) is 13.8 Å². The van der Waals surface area contributed by atoms with Crippen LogP contribution in [0.4, 0.5) is 28.8 Å². The molecule has 0 saturated carbocycles. The standard InChI is InChI=1S/C22H25N5O/c1-16-7-8-18(17(2)15-16)25-22-23-10-9-21(26-22)24-19-5-3-4-6-20(19)27-11-13-28-14-12-27/h3-10,15H,11-14H2,1-2H3,(H2,23,24,25,26). The largest absolute Gasteiger partial charge is 0.378 e. The van der Waals surface area contributed by atoms with E-state index in [-0.39, 0.29) is 0 Å². The number of rotatable bonds is 5. The first-order valence-corrected chi connectivity index (χ1v) is 9.55. The maximum Gasteiger partial charge on any atom is 0.229 e. The summed E-state index contributed by atoms with van der Waals surface area (Å²) in [7, 11) is 0. The summed E-state index contributed by atoms with van der Waals surface area (Å²) in [6.45, 7) is 7.46. The van der Waals surface area contributed by atoms with E-state index in [1.165, 1.54) is 11.1 Å². The third kappa shape index (κ3) is 4.23. The molecule has 6 heteroatoms. The van der Waals surface area contributed by atoms with E-state index in [1.807, 2.05) is 12.1 Å². The van der Waals surface area contributed by atoms with Crippen LogP contribution in [-0.4, -0.2) is 36.3 Å². The van der Waals surface area contributed by atoms with Gasteiger partial charge in [0.2, 0.25) is 5.95 Å². The van der Waals surface area contributed by atoms with Crippen LogP contribution in [-0.2, 0) is 4.74 Å². The first-order chi connectivity index (χ1) is 13.7. The molecular formula is C22H25N5O. The molecule has 1 aliphatic heterocycles. The molecular weight excluding hydrogens is 350 g/mol. The second-order valence-corrected chi connectivity index (χ2v) is 6.95. The van der Waals surface area contributed by atoms with Crippen molar-refractivity contribution in [3.8, 4) is 0 Å². The molecule has 2 heterocycles. The molecule has 0 radical (unpaired) electrons. The number of ether oxygens (including phenoxy) is 1. The summed E-state index contributed by atoms with van der Waals surface area (Å²) in [4.78, 5) is 11.3. The number of hydrogen-bond donors (Lipinski definition) is 2. The van der Waals surface area contributed by atoms with Crippen molar-refractivity contribution in [3.05, 3.63) is 65.9 Å². The lowest BCUT2D eigenvalue weighted by molar-refractivity contribution is 0.123. The second kappa shape index (κ2) is 8.27. The van der Waals surface area contributed by atoms with E-state index in [0.29, 0.717) is 5.95 Å². The molecule has 4 rings (SSSR count). The maximum atomic E-state index is 5.48. The Balaban J connectivity index is 1.54. The highest BCUT2D eigenvalue weighted by Crippen LogP contribution is 2.29. The number of nitrogens with one attached hydrogen (secondary N) is 2. The van der Waals surface area contributed by atoms with Crippen LogP contribution in [0.15, 0.2) is 54.7 Å². The summed E-state index contributed by atoms with van der Waals surface area (Å²) in [5.41, 5.74) is 5.60. The third-order valence-corrected chi connectivity index (χ3v) is 4.80. The van der Waals surface area contributed by atoms with E-state index >= 15 is 0 Å². The molecule has 0 unspecified atom stereocenters. The average Bonchev–Trinajstić information content (AvgIpc) is 2.72. The highest BCUT2D eigenvalue weighted by atomic mass is 16.5. The number of hydrogen-bond acceptors (Lipinski definition) is 6. The molecule has 2 N–H and O–H groups in total. The smallest absolute Gasteiger partial charge is 0.229 e. The quantitative estimate of drug-likeness (QED) is 0.688. The summed E-state index contributed by atoms with van der Waals surface area (Å²) in [5, 5.41) is 6.76. The van der Waals surface area contributed by atoms with Gasteiger partial charge in [0, 0.05) is 25.0 Å². The first-order valence-electron chi connectivity index (χ1n) is 9.55. The zero-order chi connectivity index (χ0) is 19.3. The molecule has 0 spiro atoms. The highest BCUT2D eigenvalue weighted by molar-refractivity contribution is 5.74. The maximum absolute atomic E-state index is 5.48. The Hall–Kier alpha value is -3.12. The number of aryl methyl sites for hydroxylation is 2. The lowest BCUT2D eigenvalue weighted by Gasteiger charge is -2.30. The van der Waals surface area contributed by atoms with Gasteiger partial charge in [-0.05, 0) is 43.7 Å². The van der Waals surface area contributed by atoms with Crippen molar-refractivity contribution >= 4 is 28.8 Å². The van der Waals surface area contributed by atoms with Gasteiger partial charge in [-0.1, -0.05) is 29.8 Å². The summed E-state index contributed by atoms with van der Waals surface area (Å²) < 4.78 is 5.48. The van der Waals surface area contributed by atoms with Crippen LogP contribution in [0.3, 0.4) is 0 Å². The summed E-state index contributed by atoms with van der Waals surface area (Å²) in [6.07, 6.45) is 1.76. The molecule has 144 valence electrons. The first kappa shape index (κ1) is 18.3. The number of nitrogens with zero attached hydrogens (tertiary/aromatic N) is 3. The van der Waals surface area contributed by atoms with Gasteiger partial charge in [-0.2, -0.15) is 4.98 Å². The Morgan fingerprint density at radius 3 is 2.57 bits per heavy atom. The van der Waals surface area contributed by atoms with E-state index in [0.717, 1.165) is 49.2 Å². The molecule has 0 amide bonds. The van der Waals surface area contributed by atoms with Crippen molar-refractivity contribution in [1.29, 1.82) is 0 Å². The molecule has 1 saturated heterocycles. The van der Waals surface area contributed by atoms with Gasteiger partial charge in [-0.15, -0.1) is 0 Å². The van der Waals surface area contributed by atoms with E-state index in [9.17, 15) is 0 Å². The van der Waals surface area contributed by atoms with Crippen LogP contribution < -0.4 is 15.5 Å². The Kier molecular flexibility index (Phi) is 5.39. The number of para-hydroxylation sites is 2. The summed E-state index contributed by atoms with van der Waals surface area (Å²) >= 11 is 0. The number of anilines is 5. The predicted octanol–water partition coefficient (Wildman–Crippen LogP) is 4.42. The van der Waals surface area contributed by atoms with Crippen LogP contribution >= 0.6 is 0 Å². The fraction of sp³-hybridized carbons (Fsp3) is 0.273. The molecule has 0 aliphatic carbocycles. The zero-order valence-corrected chi connectivity index (χ0v) is 16.3. The van der Waals surface area contributed by atoms with Crippen molar-refractivity contribution in [1.82, 2.24) is 9.97 Å². The minimum atomic E-state index is 0.570. The molecule has 1 aliphatic rings. The average molecular weight is 375 g/mol. The Morgan fingerprint density at radius 1 is 0.929 bits per heavy atom. The summed E-state index contributed by atoms with van der Waals surface area (Å²) in [6, 6.07) is 16.4. The van der Waals surface area contributed by atoms with Crippen LogP contribution in [0.1, 0.15) is 11.1 Å². The topological polar surface area (TPSA) is 62.3 Å². The second-order valence-electron chi connectivity index (χ2n) is 6.95. The number of aromatic nitrogens is 2. The van der Waals surface area contributed by atoms with E-state index in [4.69, 9.17) is 4.74 Å². The van der Waals surface area contributed by atoms with E-state index in [1.54, 1.807) is 6.20 Å². The van der Waals surface area contributed by atoms with Crippen LogP contribution in [0.25, 0.3) is 0 Å². The normalized spacial score (nSPS) is 14.0. The zero-order valence-electron chi connectivity index (χ0n) is 16.3. The Morgan fingerprint density at radius 2 is 1.75 bits per heavy atom. The molecule has 1 fully saturated rings. The van der Waals surface area contributed by atoms with Crippen molar-refractivity contribution in [2.45, 2.75) is 13.8 Å². The molecule has 0 atom stereocenters. The molecule has 6 nitrogen and oxygen atoms in total. The lowest BCUT2D eigenvalue weighted by atomic mass is 10.1. The Bertz CT molecular complexity index is 953. The van der Waals surface area contributed by atoms with Gasteiger partial charge in [0.1, 0.15) is 5.82 Å². The van der Waals surface area contributed by atoms with Gasteiger partial charge in [0.05, 0.1) is 24.6 Å². The Labute approximate surface area is 165 Å². The lowest BCUT2D eigenvalue weighted by Crippen LogP contribution is -2.36. The predicted molar refractivity (Wildman–Crippen MR) is 114 cm³/mol. The van der Waals surface area contributed by atoms with Crippen LogP contribution in [0.5, 0.6) is 0 Å². The minimum absolute atomic E-state index is 0.570. The molecule has 0 bridgehead atoms. The van der Waals surface area contributed by atoms with Gasteiger partial charge >= 0.3 is 0 Å². The van der Waals surface area contributed by atoms with Crippen LogP contribution in [0.2, 0.25) is 0 Å². The number of morpholine rings is 1. The van der Waals surface area contributed by atoms with Gasteiger partial charge in [-0.25, -0.2) is 4.98 Å². The molecule has 2 aromatic carbocycles. The van der Waals surface area contributed by atoms with Gasteiger partial charge in [0.15, 0.2) is 0 Å². The van der Waals surface area contributed by atoms with Crippen molar-refractivity contribution in [2.75, 3.05) is 41.8 Å². The summed E-state index contributed by atoms with van der Waals surface area (Å²) in [5.74, 6) is 1.32. The van der Waals surface area contributed by atoms with Crippen molar-refractivity contribution < 1.29 is 4.74 Å². The fourth-order valence-corrected chi connectivity index (χ4v) is 3.36. The SMILES string of the molecule is Cc1ccc(Nc2nccc(Nc3ccccc3N3CCOCC3)n2)c(C)c1. The van der Waals surface area contributed by atoms with Gasteiger partial charge < -0.3 is 20.3 Å². The molecule has 28 heavy (non-hydrogen) atoms. The fourth-order valence-electron chi connectivity index (χ4n) is 3.36. The molecule has 3 aromatic rings. The van der Waals surface area contributed by atoms with E-state index < -0.39 is 0 Å². The van der Waals surface area contributed by atoms with Gasteiger partial charge in [-0.3, -0.25) is 0 Å². The minimum Gasteiger partial charge on any atom is -0.378 e. The van der Waals surface area contributed by atoms with Crippen molar-refractivity contribution in [2.24, 2.45) is 0 Å². The monoisotopic (exact) mass is 375 g/mol. The highest BCUT2D eigenvalue weighted by Gasteiger charge is 2.15. The van der Waals surface area contributed by atoms with Gasteiger partial charge in [0.25, 0.3) is 0 Å². The van der Waals surface area contributed by atoms with Crippen molar-refractivity contribution in [3.63, 3.8) is 0 Å². The molecule has 1 aromatic heterocycles. The number of benzene rings is 2.